The third-order valence-electron chi connectivity index (χ3n) is 15.7. The number of fused-ring (bicyclic) bond motifs is 7. The van der Waals surface area contributed by atoms with Gasteiger partial charge in [0.05, 0.1) is 25.0 Å². The van der Waals surface area contributed by atoms with Crippen molar-refractivity contribution in [3.63, 3.8) is 0 Å². The quantitative estimate of drug-likeness (QED) is 0.214. The first kappa shape index (κ1) is 48.7. The lowest BCUT2D eigenvalue weighted by Crippen LogP contribution is -2.70. The number of benzene rings is 2. The van der Waals surface area contributed by atoms with E-state index in [1.807, 2.05) is 18.2 Å². The van der Waals surface area contributed by atoms with Crippen molar-refractivity contribution in [3.05, 3.63) is 95.1 Å². The molecule has 2 aromatic rings. The van der Waals surface area contributed by atoms with Gasteiger partial charge < -0.3 is 34.6 Å². The highest BCUT2D eigenvalue weighted by Gasteiger charge is 2.80. The van der Waals surface area contributed by atoms with Crippen molar-refractivity contribution < 1.29 is 66.8 Å². The summed E-state index contributed by atoms with van der Waals surface area (Å²) in [5.41, 5.74) is -4.24. The van der Waals surface area contributed by atoms with Crippen LogP contribution in [0.5, 0.6) is 5.75 Å². The molecule has 4 amide bonds. The van der Waals surface area contributed by atoms with E-state index in [0.29, 0.717) is 23.4 Å². The Morgan fingerprint density at radius 3 is 2.32 bits per heavy atom. The van der Waals surface area contributed by atoms with Crippen LogP contribution in [0.15, 0.2) is 78.4 Å². The minimum Gasteiger partial charge on any atom is -0.495 e. The van der Waals surface area contributed by atoms with E-state index >= 15 is 8.78 Å². The summed E-state index contributed by atoms with van der Waals surface area (Å²) >= 11 is 0. The highest BCUT2D eigenvalue weighted by molar-refractivity contribution is 6.13. The molecule has 1 saturated heterocycles. The second-order valence-corrected chi connectivity index (χ2v) is 19.6. The van der Waals surface area contributed by atoms with Crippen LogP contribution in [0, 0.1) is 28.6 Å². The predicted octanol–water partition coefficient (Wildman–Crippen LogP) is 4.31. The maximum atomic E-state index is 17.8. The molecule has 0 aromatic heterocycles. The topological polar surface area (TPSA) is 206 Å². The highest BCUT2D eigenvalue weighted by atomic mass is 19.1. The number of alkyl halides is 2. The van der Waals surface area contributed by atoms with Gasteiger partial charge in [-0.2, -0.15) is 0 Å². The van der Waals surface area contributed by atoms with Crippen LogP contribution in [-0.4, -0.2) is 119 Å². The SMILES string of the molecule is COc1cc(Cc2ccc([C@@H]3OC4C[C@H]5[C@@H]6C[C@H](F)C7=CC(=O)C=C[C@]7(C)[C@@]6(F)[C@@H](O)C[C@]5(C)[C@]4(C(=O)CO)O3)cc2)ccc1N(C)C(=O)[C@H](C)NC(=O)[C@H](C)CC(=O)CCN1C(=O)C=CC1=O. The van der Waals surface area contributed by atoms with Crippen LogP contribution < -0.4 is 15.0 Å². The Hall–Kier alpha value is -5.75. The first-order valence-corrected chi connectivity index (χ1v) is 23.0. The van der Waals surface area contributed by atoms with Gasteiger partial charge in [0, 0.05) is 66.8 Å². The summed E-state index contributed by atoms with van der Waals surface area (Å²) in [5, 5.41) is 24.8. The number of ether oxygens (including phenoxy) is 3. The summed E-state index contributed by atoms with van der Waals surface area (Å²) in [6, 6.07) is 11.7. The summed E-state index contributed by atoms with van der Waals surface area (Å²) in [5.74, 6) is -5.47. The normalized spacial score (nSPS) is 33.2. The van der Waals surface area contributed by atoms with Gasteiger partial charge in [0.2, 0.25) is 11.8 Å². The van der Waals surface area contributed by atoms with Crippen LogP contribution >= 0.6 is 0 Å². The van der Waals surface area contributed by atoms with Crippen molar-refractivity contribution in [1.29, 1.82) is 0 Å². The average molecular weight is 942 g/mol. The van der Waals surface area contributed by atoms with Gasteiger partial charge in [-0.25, -0.2) is 8.78 Å². The number of methoxy groups -OCH3 is 1. The van der Waals surface area contributed by atoms with Crippen LogP contribution in [0.3, 0.4) is 0 Å². The van der Waals surface area contributed by atoms with Gasteiger partial charge in [-0.05, 0) is 86.4 Å². The lowest BCUT2D eigenvalue weighted by molar-refractivity contribution is -0.235. The van der Waals surface area contributed by atoms with E-state index in [-0.39, 0.29) is 50.0 Å². The molecule has 8 rings (SSSR count). The van der Waals surface area contributed by atoms with E-state index in [4.69, 9.17) is 14.2 Å². The van der Waals surface area contributed by atoms with Crippen LogP contribution in [0.1, 0.15) is 82.8 Å². The number of aliphatic hydroxyl groups is 2. The van der Waals surface area contributed by atoms with E-state index in [1.54, 1.807) is 45.2 Å². The summed E-state index contributed by atoms with van der Waals surface area (Å²) in [4.78, 5) is 91.1. The molecule has 12 atom stereocenters. The minimum atomic E-state index is -2.36. The van der Waals surface area contributed by atoms with E-state index in [1.165, 1.54) is 38.0 Å². The fraction of sp³-hybridized carbons (Fsp3) is 0.510. The largest absolute Gasteiger partial charge is 0.495 e. The first-order valence-electron chi connectivity index (χ1n) is 23.0. The Morgan fingerprint density at radius 2 is 1.66 bits per heavy atom. The maximum Gasteiger partial charge on any atom is 0.253 e. The van der Waals surface area contributed by atoms with Crippen molar-refractivity contribution in [2.24, 2.45) is 28.6 Å². The molecule has 2 aliphatic heterocycles. The van der Waals surface area contributed by atoms with Crippen LogP contribution in [0.4, 0.5) is 14.5 Å². The molecule has 1 unspecified atom stereocenters. The number of Topliss-reactive ketones (excluding diaryl/α,β-unsaturated/α-hetero) is 2. The number of nitrogens with one attached hydrogen (secondary N) is 1. The molecule has 3 N–H and O–H groups in total. The van der Waals surface area contributed by atoms with E-state index in [0.717, 1.165) is 34.3 Å². The fourth-order valence-corrected chi connectivity index (χ4v) is 12.1. The molecule has 17 heteroatoms. The number of nitrogens with zero attached hydrogens (tertiary/aromatic N) is 2. The number of anilines is 1. The molecule has 362 valence electrons. The predicted molar refractivity (Wildman–Crippen MR) is 240 cm³/mol. The number of hydrogen-bond donors (Lipinski definition) is 3. The van der Waals surface area contributed by atoms with Gasteiger partial charge in [0.15, 0.2) is 29.1 Å². The van der Waals surface area contributed by atoms with E-state index < -0.39 is 112 Å². The summed E-state index contributed by atoms with van der Waals surface area (Å²) in [7, 11) is 3.02. The standard InChI is InChI=1S/C51H57F2N3O12/c1-27(19-33(59)16-18-56-43(62)13-14-44(56)63)45(64)54-28(2)46(65)55(5)38-12-9-30(21-39(38)66-6)20-29-7-10-31(11-8-29)47-67-42-24-34-35-23-37(52)36-22-32(58)15-17-48(36,3)50(35,53)40(60)25-49(34,4)51(42,68-47)41(61)26-57/h7-15,17,21-22,27-28,34-35,37,40,42,47,57,60H,16,18-20,23-26H2,1-6H3,(H,54,64)/t27-,28+,34+,35+,37+,40+,42?,47-,48+,49+,50+,51-/m1/s1. The number of likely N-dealkylation sites (N-methyl/N-ethyl adjacent to an activating group) is 1. The smallest absolute Gasteiger partial charge is 0.253 e. The molecule has 2 heterocycles. The Bertz CT molecular complexity index is 2530. The van der Waals surface area contributed by atoms with Crippen molar-refractivity contribution in [3.8, 4) is 5.75 Å². The van der Waals surface area contributed by atoms with Crippen LogP contribution in [0.25, 0.3) is 0 Å². The number of carbonyl (C=O) groups is 7. The summed E-state index contributed by atoms with van der Waals surface area (Å²) in [6.07, 6.45) is 0.453. The number of rotatable bonds is 15. The zero-order valence-corrected chi connectivity index (χ0v) is 38.8. The zero-order valence-electron chi connectivity index (χ0n) is 38.8. The molecule has 6 aliphatic rings. The van der Waals surface area contributed by atoms with Gasteiger partial charge >= 0.3 is 0 Å². The second kappa shape index (κ2) is 18.0. The number of aliphatic hydroxyl groups excluding tert-OH is 2. The van der Waals surface area contributed by atoms with Crippen molar-refractivity contribution in [2.75, 3.05) is 32.2 Å². The first-order chi connectivity index (χ1) is 32.1. The molecule has 3 saturated carbocycles. The Kier molecular flexibility index (Phi) is 12.9. The average Bonchev–Trinajstić information content (AvgIpc) is 3.94. The lowest BCUT2D eigenvalue weighted by Gasteiger charge is -2.63. The molecule has 4 aliphatic carbocycles. The molecule has 0 spiro atoms. The zero-order chi connectivity index (χ0) is 49.2. The van der Waals surface area contributed by atoms with Crippen molar-refractivity contribution in [1.82, 2.24) is 10.2 Å². The molecular formula is C51H57F2N3O12. The molecule has 0 bridgehead atoms. The Morgan fingerprint density at radius 1 is 0.985 bits per heavy atom. The maximum absolute atomic E-state index is 17.8. The number of hydrogen-bond acceptors (Lipinski definition) is 12. The molecule has 15 nitrogen and oxygen atoms in total. The van der Waals surface area contributed by atoms with Gasteiger partial charge in [-0.1, -0.05) is 50.3 Å². The highest BCUT2D eigenvalue weighted by Crippen LogP contribution is 2.72. The van der Waals surface area contributed by atoms with Crippen LogP contribution in [0.2, 0.25) is 0 Å². The Labute approximate surface area is 392 Å². The van der Waals surface area contributed by atoms with Gasteiger partial charge in [0.1, 0.15) is 30.4 Å². The number of halogens is 2. The second-order valence-electron chi connectivity index (χ2n) is 19.6. The molecule has 0 radical (unpaired) electrons. The summed E-state index contributed by atoms with van der Waals surface area (Å²) < 4.78 is 52.6. The number of allylic oxidation sites excluding steroid dienone is 4. The van der Waals surface area contributed by atoms with E-state index in [2.05, 4.69) is 5.32 Å². The summed E-state index contributed by atoms with van der Waals surface area (Å²) in [6.45, 7) is 5.36. The molecule has 68 heavy (non-hydrogen) atoms. The third-order valence-corrected chi connectivity index (χ3v) is 15.7. The van der Waals surface area contributed by atoms with Crippen molar-refractivity contribution >= 4 is 46.7 Å². The van der Waals surface area contributed by atoms with Gasteiger partial charge in [-0.3, -0.25) is 38.5 Å². The molecule has 4 fully saturated rings. The minimum absolute atomic E-state index is 0.00253. The number of imide groups is 1. The lowest BCUT2D eigenvalue weighted by atomic mass is 9.44. The monoisotopic (exact) mass is 941 g/mol. The van der Waals surface area contributed by atoms with Gasteiger partial charge in [0.25, 0.3) is 11.8 Å². The molecule has 2 aromatic carbocycles. The molecular weight excluding hydrogens is 885 g/mol. The third kappa shape index (κ3) is 7.75. The fourth-order valence-electron chi connectivity index (χ4n) is 12.1. The number of amides is 4. The van der Waals surface area contributed by atoms with E-state index in [9.17, 15) is 43.8 Å². The number of carbonyl (C=O) groups excluding carboxylic acids is 7. The van der Waals surface area contributed by atoms with Crippen molar-refractivity contribution in [2.45, 2.75) is 108 Å². The number of ketones is 3. The Balaban J connectivity index is 0.905. The van der Waals surface area contributed by atoms with Crippen LogP contribution in [-0.2, 0) is 49.5 Å². The van der Waals surface area contributed by atoms with Gasteiger partial charge in [-0.15, -0.1) is 0 Å².